The number of nitrogens with zero attached hydrogens (tertiary/aromatic N) is 8. The first-order valence-electron chi connectivity index (χ1n) is 16.2. The number of hydrogen-bond acceptors (Lipinski definition) is 24. The summed E-state index contributed by atoms with van der Waals surface area (Å²) < 4.78 is 59.5. The first kappa shape index (κ1) is 47.4. The number of thioether (sulfide) groups is 2. The predicted octanol–water partition coefficient (Wildman–Crippen LogP) is 0.365. The van der Waals surface area contributed by atoms with Gasteiger partial charge in [-0.3, -0.25) is 18.3 Å². The van der Waals surface area contributed by atoms with Crippen LogP contribution in [0.3, 0.4) is 0 Å². The molecule has 0 amide bonds. The van der Waals surface area contributed by atoms with Gasteiger partial charge in [0.25, 0.3) is 0 Å². The number of nitrogens with two attached hydrogens (primary N) is 1. The maximum atomic E-state index is 13.1. The first-order valence-corrected chi connectivity index (χ1v) is 27.6. The number of alkyl halides is 1. The number of halogens is 1. The van der Waals surface area contributed by atoms with E-state index in [1.165, 1.54) is 45.3 Å². The molecule has 35 heteroatoms. The zero-order valence-electron chi connectivity index (χ0n) is 30.1. The number of ether oxygens (including phenoxy) is 2. The van der Waals surface area contributed by atoms with Crippen LogP contribution >= 0.6 is 63.8 Å². The molecule has 0 radical (unpaired) electrons. The summed E-state index contributed by atoms with van der Waals surface area (Å²) >= 11 is 17.8. The van der Waals surface area contributed by atoms with Crippen LogP contribution in [-0.2, 0) is 59.9 Å². The van der Waals surface area contributed by atoms with E-state index >= 15 is 0 Å². The topological polar surface area (TPSA) is 377 Å². The van der Waals surface area contributed by atoms with Gasteiger partial charge in [-0.05, 0) is 36.1 Å². The summed E-state index contributed by atoms with van der Waals surface area (Å²) in [5.74, 6) is 0.416. The van der Waals surface area contributed by atoms with Crippen LogP contribution in [0.25, 0.3) is 22.3 Å². The Morgan fingerprint density at radius 3 is 1.66 bits per heavy atom. The Balaban J connectivity index is 1.05. The number of fused-ring (bicyclic) bond motifs is 2. The molecule has 13 atom stereocenters. The van der Waals surface area contributed by atoms with Crippen LogP contribution in [0.4, 0.5) is 11.6 Å². The maximum Gasteiger partial charge on any atom is 0.365 e. The molecule has 328 valence electrons. The molecule has 0 aromatic carbocycles. The molecule has 4 aromatic heterocycles. The Morgan fingerprint density at radius 1 is 0.797 bits per heavy atom. The fourth-order valence-electron chi connectivity index (χ4n) is 5.68. The van der Waals surface area contributed by atoms with Crippen LogP contribution in [0.2, 0.25) is 0 Å². The molecule has 4 aromatic rings. The number of aliphatic hydroxyl groups excluding tert-OH is 4. The summed E-state index contributed by atoms with van der Waals surface area (Å²) in [5, 5.41) is 46.4. The predicted molar refractivity (Wildman–Crippen MR) is 216 cm³/mol. The molecular formula is C24H35ClN10O16P4S4. The van der Waals surface area contributed by atoms with E-state index in [4.69, 9.17) is 59.5 Å². The third-order valence-corrected chi connectivity index (χ3v) is 20.1. The summed E-state index contributed by atoms with van der Waals surface area (Å²) in [7, 11) is -9.85. The molecule has 2 saturated heterocycles. The summed E-state index contributed by atoms with van der Waals surface area (Å²) in [6.45, 7) is -11.5. The molecule has 26 nitrogen and oxygen atoms in total. The smallest absolute Gasteiger partial charge is 0.365 e. The van der Waals surface area contributed by atoms with Gasteiger partial charge in [0.15, 0.2) is 51.2 Å². The van der Waals surface area contributed by atoms with E-state index in [1.54, 1.807) is 19.6 Å². The van der Waals surface area contributed by atoms with E-state index in [0.717, 1.165) is 0 Å². The minimum atomic E-state index is -5.73. The lowest BCUT2D eigenvalue weighted by Gasteiger charge is -2.27. The molecule has 0 bridgehead atoms. The van der Waals surface area contributed by atoms with E-state index in [9.17, 15) is 49.1 Å². The van der Waals surface area contributed by atoms with Gasteiger partial charge in [0, 0.05) is 7.05 Å². The van der Waals surface area contributed by atoms with Crippen molar-refractivity contribution >= 4 is 121 Å². The van der Waals surface area contributed by atoms with Crippen molar-refractivity contribution in [3.8, 4) is 0 Å². The summed E-state index contributed by atoms with van der Waals surface area (Å²) in [6, 6.07) is 0. The number of rotatable bonds is 17. The van der Waals surface area contributed by atoms with Crippen molar-refractivity contribution in [3.63, 3.8) is 0 Å². The third kappa shape index (κ3) is 10.0. The molecule has 11 N–H and O–H groups in total. The van der Waals surface area contributed by atoms with Gasteiger partial charge in [-0.25, -0.2) is 38.5 Å². The van der Waals surface area contributed by atoms with Gasteiger partial charge in [0.1, 0.15) is 42.1 Å². The van der Waals surface area contributed by atoms with E-state index in [2.05, 4.69) is 43.8 Å². The van der Waals surface area contributed by atoms with Crippen molar-refractivity contribution in [3.05, 3.63) is 12.7 Å². The molecule has 6 heterocycles. The first-order chi connectivity index (χ1) is 27.5. The lowest BCUT2D eigenvalue weighted by Crippen LogP contribution is -2.33. The van der Waals surface area contributed by atoms with E-state index in [1.807, 2.05) is 0 Å². The fourth-order valence-corrected chi connectivity index (χ4v) is 15.4. The third-order valence-electron chi connectivity index (χ3n) is 8.44. The number of nitrogen functional groups attached to an aromatic ring is 1. The van der Waals surface area contributed by atoms with E-state index in [0.29, 0.717) is 16.5 Å². The highest BCUT2D eigenvalue weighted by molar-refractivity contribution is 8.09. The van der Waals surface area contributed by atoms with Crippen LogP contribution in [-0.4, -0.2) is 153 Å². The van der Waals surface area contributed by atoms with Gasteiger partial charge in [0.2, 0.25) is 4.86 Å². The minimum Gasteiger partial charge on any atom is -0.387 e. The quantitative estimate of drug-likeness (QED) is 0.0295. The molecule has 2 fully saturated rings. The number of aliphatic hydroxyl groups is 4. The molecule has 0 saturated carbocycles. The summed E-state index contributed by atoms with van der Waals surface area (Å²) in [4.78, 5) is 64.7. The SMILES string of the molecule is CNc1nc(SC)nc2c1ncn2[C@@H]1O[C@H](COP(O)(=S)OP(=O)(O)C(Cl)P(=O)(O)OP(O)(=S)OC[C@H]2O[C@@H](n3cnc4c(N)nc(SC)nc43)[C@H](O)[C@@H]2O)[C@@H](O)[C@H]1O. The molecule has 5 unspecified atom stereocenters. The molecule has 0 spiro atoms. The number of nitrogens with one attached hydrogen (secondary N) is 1. The normalized spacial score (nSPS) is 29.6. The van der Waals surface area contributed by atoms with Gasteiger partial charge in [-0.1, -0.05) is 35.1 Å². The van der Waals surface area contributed by atoms with Crippen LogP contribution < -0.4 is 11.1 Å². The lowest BCUT2D eigenvalue weighted by molar-refractivity contribution is -0.0486. The fraction of sp³-hybridized carbons (Fsp3) is 0.583. The average molecular weight is 1010 g/mol. The van der Waals surface area contributed by atoms with Crippen LogP contribution in [0.15, 0.2) is 23.0 Å². The second-order valence-corrected chi connectivity index (χ2v) is 25.0. The van der Waals surface area contributed by atoms with E-state index < -0.39 is 95.8 Å². The van der Waals surface area contributed by atoms with Gasteiger partial charge in [-0.2, -0.15) is 0 Å². The zero-order valence-corrected chi connectivity index (χ0v) is 37.7. The number of imidazole rings is 2. The Morgan fingerprint density at radius 2 is 1.22 bits per heavy atom. The highest BCUT2D eigenvalue weighted by Gasteiger charge is 2.53. The molecule has 2 aliphatic heterocycles. The largest absolute Gasteiger partial charge is 0.387 e. The lowest BCUT2D eigenvalue weighted by atomic mass is 10.1. The van der Waals surface area contributed by atoms with Gasteiger partial charge in [-0.15, -0.1) is 0 Å². The van der Waals surface area contributed by atoms with Crippen molar-refractivity contribution in [2.24, 2.45) is 0 Å². The number of aromatic nitrogens is 8. The van der Waals surface area contributed by atoms with Crippen molar-refractivity contribution in [1.29, 1.82) is 0 Å². The minimum absolute atomic E-state index is 0.0401. The summed E-state index contributed by atoms with van der Waals surface area (Å²) in [6.07, 6.45) is -6.21. The maximum absolute atomic E-state index is 13.1. The number of hydrogen-bond donors (Lipinski definition) is 10. The standard InChI is InChI=1S/C24H35ClN10O16P4S4/c1-27-17-11-19(33-24(31-17)59-3)35(7-29-11)21-15(39)13(37)9(49-21)5-47-55(45,57)51-53(42,43)22(25)52(40,41)50-54(44,56)46-4-8-12(36)14(38)20(48-8)34-6-28-10-16(26)30-23(58-2)32-18(10)34/h6-9,12-15,20-22,36-39H,4-5H2,1-3H3,(H,40,41)(H,42,43)(H,44,56)(H,45,57)(H2,26,30,32)(H,27,31,33)/t8-,9-,12-,13-,14-,15-,20-,21-,22?,54?,55?/m1/s1. The molecule has 6 rings (SSSR count). The van der Waals surface area contributed by atoms with E-state index in [-0.39, 0.29) is 27.8 Å². The Kier molecular flexibility index (Phi) is 14.6. The summed E-state index contributed by atoms with van der Waals surface area (Å²) in [5.41, 5.74) is 6.82. The highest BCUT2D eigenvalue weighted by atomic mass is 35.5. The van der Waals surface area contributed by atoms with Gasteiger partial charge >= 0.3 is 28.6 Å². The van der Waals surface area contributed by atoms with Crippen molar-refractivity contribution in [1.82, 2.24) is 39.0 Å². The Labute approximate surface area is 355 Å². The van der Waals surface area contributed by atoms with Gasteiger partial charge < -0.3 is 69.6 Å². The molecular weight excluding hydrogens is 972 g/mol. The Hall–Kier alpha value is -1.11. The number of anilines is 2. The van der Waals surface area contributed by atoms with Crippen molar-refractivity contribution < 1.29 is 76.3 Å². The van der Waals surface area contributed by atoms with Crippen molar-refractivity contribution in [2.75, 3.05) is 43.8 Å². The average Bonchev–Trinajstić information content (AvgIpc) is 3.92. The molecule has 59 heavy (non-hydrogen) atoms. The van der Waals surface area contributed by atoms with Crippen molar-refractivity contribution in [2.45, 2.75) is 64.3 Å². The molecule has 2 aliphatic rings. The van der Waals surface area contributed by atoms with Crippen LogP contribution in [0.1, 0.15) is 12.5 Å². The zero-order chi connectivity index (χ0) is 43.4. The highest BCUT2D eigenvalue weighted by Crippen LogP contribution is 2.76. The van der Waals surface area contributed by atoms with Crippen LogP contribution in [0, 0.1) is 0 Å². The monoisotopic (exact) mass is 1010 g/mol. The van der Waals surface area contributed by atoms with Gasteiger partial charge in [0.05, 0.1) is 25.9 Å². The van der Waals surface area contributed by atoms with Crippen LogP contribution in [0.5, 0.6) is 0 Å². The molecule has 0 aliphatic carbocycles. The Bertz CT molecular complexity index is 2410. The second-order valence-electron chi connectivity index (χ2n) is 12.3. The second kappa shape index (κ2) is 18.2.